The highest BCUT2D eigenvalue weighted by Gasteiger charge is 2.38. The minimum atomic E-state index is -5.08. The molecule has 8 nitrogen and oxygen atoms in total. The number of halogens is 3. The topological polar surface area (TPSA) is 125 Å². The van der Waals surface area contributed by atoms with E-state index in [9.17, 15) is 18.4 Å². The predicted molar refractivity (Wildman–Crippen MR) is 108 cm³/mol. The molecule has 0 saturated heterocycles. The number of hydrazone groups is 1. The molecule has 0 saturated carbocycles. The summed E-state index contributed by atoms with van der Waals surface area (Å²) >= 11 is 1.55. The number of aliphatic carboxylic acids is 1. The summed E-state index contributed by atoms with van der Waals surface area (Å²) in [5, 5.41) is 23.0. The van der Waals surface area contributed by atoms with Crippen molar-refractivity contribution in [3.63, 3.8) is 0 Å². The normalized spacial score (nSPS) is 17.7. The molecule has 0 radical (unpaired) electrons. The third-order valence-corrected chi connectivity index (χ3v) is 5.06. The second-order valence-electron chi connectivity index (χ2n) is 6.99. The molecule has 0 bridgehead atoms. The van der Waals surface area contributed by atoms with Crippen LogP contribution in [-0.2, 0) is 9.53 Å². The summed E-state index contributed by atoms with van der Waals surface area (Å²) in [6.45, 7) is 4.24. The average molecular weight is 451 g/mol. The number of nitrogens with zero attached hydrogens (tertiary/aromatic N) is 4. The summed E-state index contributed by atoms with van der Waals surface area (Å²) in [4.78, 5) is 13.2. The van der Waals surface area contributed by atoms with Gasteiger partial charge in [-0.3, -0.25) is 0 Å². The van der Waals surface area contributed by atoms with Crippen LogP contribution in [0.2, 0.25) is 0 Å². The minimum Gasteiger partial charge on any atom is -0.475 e. The Hall–Kier alpha value is -3.43. The van der Waals surface area contributed by atoms with Crippen LogP contribution in [0.15, 0.2) is 51.9 Å². The molecule has 3 N–H and O–H groups in total. The van der Waals surface area contributed by atoms with Crippen molar-refractivity contribution in [2.24, 2.45) is 10.8 Å². The van der Waals surface area contributed by atoms with Crippen molar-refractivity contribution < 1.29 is 27.8 Å². The molecule has 0 aliphatic carbocycles. The van der Waals surface area contributed by atoms with Gasteiger partial charge in [0.2, 0.25) is 0 Å². The number of carboxylic acid groups (broad SMARTS) is 1. The Bertz CT molecular complexity index is 1170. The Balaban J connectivity index is 0.000000339. The van der Waals surface area contributed by atoms with Crippen molar-refractivity contribution in [2.75, 3.05) is 11.6 Å². The lowest BCUT2D eigenvalue weighted by molar-refractivity contribution is -0.192. The summed E-state index contributed by atoms with van der Waals surface area (Å²) in [6, 6.07) is 8.02. The van der Waals surface area contributed by atoms with Crippen LogP contribution in [0.4, 0.5) is 18.9 Å². The number of nitrogens with two attached hydrogens (primary N) is 1. The maximum Gasteiger partial charge on any atom is 0.490 e. The molecule has 0 atom stereocenters. The second kappa shape index (κ2) is 8.01. The molecule has 162 valence electrons. The van der Waals surface area contributed by atoms with Gasteiger partial charge in [-0.2, -0.15) is 23.5 Å². The van der Waals surface area contributed by atoms with E-state index >= 15 is 0 Å². The first-order valence-electron chi connectivity index (χ1n) is 8.71. The molecular weight excluding hydrogens is 435 g/mol. The van der Waals surface area contributed by atoms with E-state index in [0.29, 0.717) is 23.7 Å². The van der Waals surface area contributed by atoms with E-state index in [-0.39, 0.29) is 0 Å². The summed E-state index contributed by atoms with van der Waals surface area (Å²) in [5.41, 5.74) is 11.3. The van der Waals surface area contributed by atoms with Crippen molar-refractivity contribution in [1.29, 1.82) is 5.26 Å². The fourth-order valence-electron chi connectivity index (χ4n) is 2.81. The van der Waals surface area contributed by atoms with Gasteiger partial charge in [-0.25, -0.2) is 14.8 Å². The predicted octanol–water partition coefficient (Wildman–Crippen LogP) is 3.53. The highest BCUT2D eigenvalue weighted by molar-refractivity contribution is 7.16. The number of allylic oxidation sites excluding steroid dienone is 1. The van der Waals surface area contributed by atoms with E-state index in [0.717, 1.165) is 21.5 Å². The van der Waals surface area contributed by atoms with E-state index in [1.807, 2.05) is 38.1 Å². The smallest absolute Gasteiger partial charge is 0.475 e. The number of ether oxygens (including phenoxy) is 1. The third-order valence-electron chi connectivity index (χ3n) is 4.27. The largest absolute Gasteiger partial charge is 0.490 e. The van der Waals surface area contributed by atoms with E-state index in [1.54, 1.807) is 21.9 Å². The van der Waals surface area contributed by atoms with Gasteiger partial charge >= 0.3 is 12.1 Å². The summed E-state index contributed by atoms with van der Waals surface area (Å²) in [5.74, 6) is -2.43. The second-order valence-corrected chi connectivity index (χ2v) is 7.87. The lowest BCUT2D eigenvalue weighted by Crippen LogP contribution is -2.39. The van der Waals surface area contributed by atoms with Crippen LogP contribution in [0.1, 0.15) is 13.8 Å². The fraction of sp³-hybridized carbons (Fsp3) is 0.263. The lowest BCUT2D eigenvalue weighted by atomic mass is 9.92. The number of aromatic nitrogens is 1. The van der Waals surface area contributed by atoms with Crippen LogP contribution in [0.3, 0.4) is 0 Å². The number of hydrogen-bond acceptors (Lipinski definition) is 8. The Morgan fingerprint density at radius 1 is 1.42 bits per heavy atom. The fourth-order valence-corrected chi connectivity index (χ4v) is 3.52. The first-order valence-corrected chi connectivity index (χ1v) is 9.59. The van der Waals surface area contributed by atoms with Gasteiger partial charge in [-0.15, -0.1) is 11.3 Å². The SMILES string of the molecule is CC1(C)C=C2C(=NN(c3ccc4ncsc4c3)C(N)=C2C#N)CO1.O=C(O)C(F)(F)F. The molecule has 31 heavy (non-hydrogen) atoms. The number of alkyl halides is 3. The van der Waals surface area contributed by atoms with Crippen molar-refractivity contribution in [3.8, 4) is 6.07 Å². The number of carboxylic acids is 1. The molecule has 2 aliphatic heterocycles. The zero-order valence-electron chi connectivity index (χ0n) is 16.3. The Kier molecular flexibility index (Phi) is 5.75. The monoisotopic (exact) mass is 451 g/mol. The van der Waals surface area contributed by atoms with Gasteiger partial charge in [-0.05, 0) is 38.1 Å². The summed E-state index contributed by atoms with van der Waals surface area (Å²) in [6.07, 6.45) is -3.18. The number of rotatable bonds is 1. The van der Waals surface area contributed by atoms with Crippen LogP contribution in [-0.4, -0.2) is 40.2 Å². The lowest BCUT2D eigenvalue weighted by Gasteiger charge is -2.34. The number of nitriles is 1. The van der Waals surface area contributed by atoms with Gasteiger partial charge in [0, 0.05) is 5.57 Å². The first kappa shape index (κ1) is 22.3. The van der Waals surface area contributed by atoms with Crippen LogP contribution in [0, 0.1) is 11.3 Å². The third kappa shape index (κ3) is 4.68. The van der Waals surface area contributed by atoms with E-state index in [1.165, 1.54) is 0 Å². The first-order chi connectivity index (χ1) is 14.4. The van der Waals surface area contributed by atoms with Crippen LogP contribution in [0.25, 0.3) is 10.2 Å². The van der Waals surface area contributed by atoms with Gasteiger partial charge in [0.15, 0.2) is 0 Å². The Morgan fingerprint density at radius 3 is 2.71 bits per heavy atom. The van der Waals surface area contributed by atoms with Crippen molar-refractivity contribution in [3.05, 3.63) is 46.8 Å². The standard InChI is InChI=1S/C17H15N5OS.C2HF3O2/c1-17(2)6-11-12(7-18)16(19)22(21-14(11)8-23-17)10-3-4-13-15(5-10)24-9-20-13;3-2(4,5)1(6)7/h3-6,9H,8,19H2,1-2H3;(H,6,7). The van der Waals surface area contributed by atoms with Crippen LogP contribution in [0.5, 0.6) is 0 Å². The van der Waals surface area contributed by atoms with E-state index < -0.39 is 17.7 Å². The molecule has 1 aromatic carbocycles. The number of anilines is 1. The number of fused-ring (bicyclic) bond motifs is 2. The number of hydrogen-bond donors (Lipinski definition) is 2. The van der Waals surface area contributed by atoms with Gasteiger partial charge in [0.05, 0.1) is 39.3 Å². The van der Waals surface area contributed by atoms with Crippen LogP contribution >= 0.6 is 11.3 Å². The molecule has 12 heteroatoms. The average Bonchev–Trinajstić information content (AvgIpc) is 3.14. The molecule has 4 rings (SSSR count). The molecule has 0 amide bonds. The zero-order valence-corrected chi connectivity index (χ0v) is 17.1. The van der Waals surface area contributed by atoms with Gasteiger partial charge in [0.25, 0.3) is 0 Å². The molecule has 2 aliphatic rings. The van der Waals surface area contributed by atoms with Gasteiger partial charge in [0.1, 0.15) is 17.5 Å². The van der Waals surface area contributed by atoms with Gasteiger partial charge < -0.3 is 15.6 Å². The Morgan fingerprint density at radius 2 is 2.10 bits per heavy atom. The molecular formula is C19H16F3N5O3S. The number of thiazole rings is 1. The van der Waals surface area contributed by atoms with Crippen molar-refractivity contribution in [2.45, 2.75) is 25.6 Å². The van der Waals surface area contributed by atoms with Crippen molar-refractivity contribution >= 4 is 38.9 Å². The zero-order chi connectivity index (χ0) is 23.0. The quantitative estimate of drug-likeness (QED) is 0.679. The van der Waals surface area contributed by atoms with Crippen LogP contribution < -0.4 is 10.7 Å². The molecule has 0 unspecified atom stereocenters. The molecule has 2 aromatic rings. The molecule has 3 heterocycles. The number of carbonyl (C=O) groups is 1. The minimum absolute atomic E-state index is 0.328. The Labute approximate surface area is 178 Å². The highest BCUT2D eigenvalue weighted by atomic mass is 32.1. The molecule has 0 fully saturated rings. The van der Waals surface area contributed by atoms with Gasteiger partial charge in [-0.1, -0.05) is 0 Å². The highest BCUT2D eigenvalue weighted by Crippen LogP contribution is 2.34. The molecule has 1 aromatic heterocycles. The maximum atomic E-state index is 10.6. The summed E-state index contributed by atoms with van der Waals surface area (Å²) in [7, 11) is 0. The summed E-state index contributed by atoms with van der Waals surface area (Å²) < 4.78 is 38.6. The molecule has 0 spiro atoms. The van der Waals surface area contributed by atoms with E-state index in [4.69, 9.17) is 20.4 Å². The number of benzene rings is 1. The maximum absolute atomic E-state index is 10.6. The van der Waals surface area contributed by atoms with E-state index in [2.05, 4.69) is 16.2 Å². The van der Waals surface area contributed by atoms with Crippen molar-refractivity contribution in [1.82, 2.24) is 4.98 Å².